The van der Waals surface area contributed by atoms with Crippen LogP contribution in [0.5, 0.6) is 0 Å². The molecule has 118 valence electrons. The van der Waals surface area contributed by atoms with Crippen LogP contribution in [0.2, 0.25) is 0 Å². The van der Waals surface area contributed by atoms with E-state index in [9.17, 15) is 4.39 Å². The molecule has 21 heavy (non-hydrogen) atoms. The second kappa shape index (κ2) is 7.21. The molecule has 0 bridgehead atoms. The van der Waals surface area contributed by atoms with Crippen molar-refractivity contribution >= 4 is 15.9 Å². The summed E-state index contributed by atoms with van der Waals surface area (Å²) >= 11 is 3.36. The minimum absolute atomic E-state index is 0.0496. The predicted molar refractivity (Wildman–Crippen MR) is 89.9 cm³/mol. The van der Waals surface area contributed by atoms with Crippen molar-refractivity contribution in [3.63, 3.8) is 0 Å². The molecule has 1 unspecified atom stereocenters. The smallest absolute Gasteiger partial charge is 0.124 e. The Morgan fingerprint density at radius 2 is 1.86 bits per heavy atom. The number of hydrogen-bond acceptors (Lipinski definition) is 2. The number of benzene rings is 1. The van der Waals surface area contributed by atoms with Gasteiger partial charge in [-0.1, -0.05) is 42.6 Å². The number of likely N-dealkylation sites (N-methyl/N-ethyl adjacent to an activating group) is 1. The first-order chi connectivity index (χ1) is 10.0. The summed E-state index contributed by atoms with van der Waals surface area (Å²) in [4.78, 5) is 2.51. The lowest BCUT2D eigenvalue weighted by Gasteiger charge is -2.45. The Kier molecular flexibility index (Phi) is 5.81. The quantitative estimate of drug-likeness (QED) is 0.830. The molecule has 1 aromatic carbocycles. The minimum Gasteiger partial charge on any atom is -0.326 e. The van der Waals surface area contributed by atoms with Gasteiger partial charge in [-0.05, 0) is 56.1 Å². The molecule has 0 radical (unpaired) electrons. The van der Waals surface area contributed by atoms with E-state index in [-0.39, 0.29) is 17.4 Å². The van der Waals surface area contributed by atoms with Gasteiger partial charge in [-0.25, -0.2) is 4.39 Å². The third kappa shape index (κ3) is 3.66. The summed E-state index contributed by atoms with van der Waals surface area (Å²) in [5, 5.41) is 0. The fourth-order valence-electron chi connectivity index (χ4n) is 3.93. The fraction of sp³-hybridized carbons (Fsp3) is 0.647. The average molecular weight is 357 g/mol. The van der Waals surface area contributed by atoms with Crippen molar-refractivity contribution in [2.75, 3.05) is 13.1 Å². The van der Waals surface area contributed by atoms with Crippen LogP contribution in [0, 0.1) is 5.82 Å². The van der Waals surface area contributed by atoms with Crippen molar-refractivity contribution in [1.82, 2.24) is 4.90 Å². The highest BCUT2D eigenvalue weighted by Crippen LogP contribution is 2.38. The SMILES string of the molecule is CCN(CC)C1(C(N)Cc2cc(F)cc(Br)c2)CCCC1. The molecule has 0 spiro atoms. The number of nitrogens with zero attached hydrogens (tertiary/aromatic N) is 1. The zero-order chi connectivity index (χ0) is 15.5. The average Bonchev–Trinajstić information content (AvgIpc) is 2.89. The Morgan fingerprint density at radius 3 is 2.38 bits per heavy atom. The van der Waals surface area contributed by atoms with E-state index in [0.717, 1.165) is 42.4 Å². The van der Waals surface area contributed by atoms with Gasteiger partial charge < -0.3 is 5.73 Å². The summed E-state index contributed by atoms with van der Waals surface area (Å²) in [5.74, 6) is -0.199. The van der Waals surface area contributed by atoms with Crippen molar-refractivity contribution in [2.24, 2.45) is 5.73 Å². The Labute approximate surface area is 136 Å². The molecule has 4 heteroatoms. The Bertz CT molecular complexity index is 448. The predicted octanol–water partition coefficient (Wildman–Crippen LogP) is 4.11. The molecule has 1 saturated carbocycles. The lowest BCUT2D eigenvalue weighted by atomic mass is 9.83. The van der Waals surface area contributed by atoms with Crippen LogP contribution in [0.1, 0.15) is 45.1 Å². The highest BCUT2D eigenvalue weighted by Gasteiger charge is 2.43. The van der Waals surface area contributed by atoms with Crippen molar-refractivity contribution in [1.29, 1.82) is 0 Å². The molecule has 2 rings (SSSR count). The summed E-state index contributed by atoms with van der Waals surface area (Å²) in [6, 6.07) is 5.13. The van der Waals surface area contributed by atoms with Crippen LogP contribution < -0.4 is 5.73 Å². The molecule has 0 aromatic heterocycles. The highest BCUT2D eigenvalue weighted by molar-refractivity contribution is 9.10. The normalized spacial score (nSPS) is 19.1. The molecular weight excluding hydrogens is 331 g/mol. The maximum atomic E-state index is 13.6. The van der Waals surface area contributed by atoms with E-state index in [0.29, 0.717) is 0 Å². The van der Waals surface area contributed by atoms with Crippen LogP contribution in [-0.4, -0.2) is 29.6 Å². The molecule has 1 atom stereocenters. The lowest BCUT2D eigenvalue weighted by molar-refractivity contribution is 0.0771. The molecule has 0 saturated heterocycles. The molecule has 1 aliphatic carbocycles. The van der Waals surface area contributed by atoms with Gasteiger partial charge in [-0.3, -0.25) is 4.90 Å². The van der Waals surface area contributed by atoms with E-state index in [4.69, 9.17) is 5.73 Å². The zero-order valence-electron chi connectivity index (χ0n) is 13.0. The molecule has 0 heterocycles. The van der Waals surface area contributed by atoms with E-state index >= 15 is 0 Å². The maximum Gasteiger partial charge on any atom is 0.124 e. The molecule has 1 aromatic rings. The zero-order valence-corrected chi connectivity index (χ0v) is 14.6. The summed E-state index contributed by atoms with van der Waals surface area (Å²) in [7, 11) is 0. The third-order valence-electron chi connectivity index (χ3n) is 4.93. The van der Waals surface area contributed by atoms with Gasteiger partial charge in [0.25, 0.3) is 0 Å². The fourth-order valence-corrected chi connectivity index (χ4v) is 4.45. The summed E-state index contributed by atoms with van der Waals surface area (Å²) < 4.78 is 14.3. The highest BCUT2D eigenvalue weighted by atomic mass is 79.9. The Morgan fingerprint density at radius 1 is 1.24 bits per heavy atom. The van der Waals surface area contributed by atoms with Gasteiger partial charge in [0, 0.05) is 16.1 Å². The van der Waals surface area contributed by atoms with Crippen LogP contribution in [0.3, 0.4) is 0 Å². The number of rotatable bonds is 6. The van der Waals surface area contributed by atoms with Gasteiger partial charge in [0.05, 0.1) is 0 Å². The Hall–Kier alpha value is -0.450. The van der Waals surface area contributed by atoms with Crippen molar-refractivity contribution in [2.45, 2.75) is 57.5 Å². The van der Waals surface area contributed by atoms with Gasteiger partial charge in [-0.15, -0.1) is 0 Å². The molecule has 1 aliphatic rings. The molecule has 2 N–H and O–H groups in total. The van der Waals surface area contributed by atoms with Crippen molar-refractivity contribution < 1.29 is 4.39 Å². The molecule has 2 nitrogen and oxygen atoms in total. The number of hydrogen-bond donors (Lipinski definition) is 1. The summed E-state index contributed by atoms with van der Waals surface area (Å²) in [5.41, 5.74) is 7.68. The first-order valence-electron chi connectivity index (χ1n) is 7.97. The first-order valence-corrected chi connectivity index (χ1v) is 8.76. The minimum atomic E-state index is -0.199. The summed E-state index contributed by atoms with van der Waals surface area (Å²) in [6.45, 7) is 6.46. The second-order valence-electron chi connectivity index (χ2n) is 6.07. The van der Waals surface area contributed by atoms with E-state index < -0.39 is 0 Å². The molecule has 0 amide bonds. The van der Waals surface area contributed by atoms with Crippen molar-refractivity contribution in [3.8, 4) is 0 Å². The van der Waals surface area contributed by atoms with Gasteiger partial charge >= 0.3 is 0 Å². The van der Waals surface area contributed by atoms with E-state index in [2.05, 4.69) is 34.7 Å². The van der Waals surface area contributed by atoms with Gasteiger partial charge in [0.1, 0.15) is 5.82 Å². The molecule has 0 aliphatic heterocycles. The van der Waals surface area contributed by atoms with Crippen LogP contribution in [0.25, 0.3) is 0 Å². The van der Waals surface area contributed by atoms with E-state index in [1.54, 1.807) is 6.07 Å². The third-order valence-corrected chi connectivity index (χ3v) is 5.39. The van der Waals surface area contributed by atoms with E-state index in [1.165, 1.54) is 18.9 Å². The monoisotopic (exact) mass is 356 g/mol. The standard InChI is InChI=1S/C17H26BrFN2/c1-3-21(4-2)17(7-5-6-8-17)16(20)11-13-9-14(18)12-15(19)10-13/h9-10,12,16H,3-8,11,20H2,1-2H3. The number of nitrogens with two attached hydrogens (primary N) is 1. The number of halogens is 2. The lowest BCUT2D eigenvalue weighted by Crippen LogP contribution is -2.59. The van der Waals surface area contributed by atoms with Crippen LogP contribution >= 0.6 is 15.9 Å². The summed E-state index contributed by atoms with van der Waals surface area (Å²) in [6.07, 6.45) is 5.54. The van der Waals surface area contributed by atoms with Crippen LogP contribution in [-0.2, 0) is 6.42 Å². The van der Waals surface area contributed by atoms with E-state index in [1.807, 2.05) is 6.07 Å². The van der Waals surface area contributed by atoms with Crippen molar-refractivity contribution in [3.05, 3.63) is 34.1 Å². The van der Waals surface area contributed by atoms with Crippen LogP contribution in [0.15, 0.2) is 22.7 Å². The molecule has 1 fully saturated rings. The topological polar surface area (TPSA) is 29.3 Å². The maximum absolute atomic E-state index is 13.6. The Balaban J connectivity index is 2.20. The second-order valence-corrected chi connectivity index (χ2v) is 6.99. The first kappa shape index (κ1) is 16.9. The van der Waals surface area contributed by atoms with Crippen LogP contribution in [0.4, 0.5) is 4.39 Å². The van der Waals surface area contributed by atoms with Gasteiger partial charge in [0.15, 0.2) is 0 Å². The molecular formula is C17H26BrFN2. The van der Waals surface area contributed by atoms with Gasteiger partial charge in [-0.2, -0.15) is 0 Å². The largest absolute Gasteiger partial charge is 0.326 e. The van der Waals surface area contributed by atoms with Gasteiger partial charge in [0.2, 0.25) is 0 Å².